The first-order chi connectivity index (χ1) is 12.5. The molecule has 0 aliphatic heterocycles. The summed E-state index contributed by atoms with van der Waals surface area (Å²) >= 11 is 0. The van der Waals surface area contributed by atoms with E-state index in [1.807, 2.05) is 49.4 Å². The van der Waals surface area contributed by atoms with Gasteiger partial charge in [0.1, 0.15) is 5.75 Å². The maximum Gasteiger partial charge on any atom is 0.310 e. The van der Waals surface area contributed by atoms with E-state index in [2.05, 4.69) is 4.57 Å². The van der Waals surface area contributed by atoms with E-state index >= 15 is 0 Å². The predicted octanol–water partition coefficient (Wildman–Crippen LogP) is 3.97. The predicted molar refractivity (Wildman–Crippen MR) is 99.7 cm³/mol. The van der Waals surface area contributed by atoms with Gasteiger partial charge in [0, 0.05) is 29.8 Å². The zero-order valence-corrected chi connectivity index (χ0v) is 15.1. The second kappa shape index (κ2) is 7.44. The summed E-state index contributed by atoms with van der Waals surface area (Å²) in [5.41, 5.74) is 3.73. The van der Waals surface area contributed by atoms with Crippen molar-refractivity contribution in [2.75, 3.05) is 6.61 Å². The largest absolute Gasteiger partial charge is 0.466 e. The van der Waals surface area contributed by atoms with Crippen LogP contribution in [0, 0.1) is 6.92 Å². The fraction of sp³-hybridized carbons (Fsp3) is 0.238. The van der Waals surface area contributed by atoms with Crippen LogP contribution in [0.15, 0.2) is 48.5 Å². The van der Waals surface area contributed by atoms with E-state index < -0.39 is 0 Å². The van der Waals surface area contributed by atoms with Crippen molar-refractivity contribution >= 4 is 22.8 Å². The normalized spacial score (nSPS) is 10.7. The summed E-state index contributed by atoms with van der Waals surface area (Å²) < 4.78 is 12.4. The molecule has 26 heavy (non-hydrogen) atoms. The van der Waals surface area contributed by atoms with Crippen LogP contribution in [0.1, 0.15) is 25.1 Å². The lowest BCUT2D eigenvalue weighted by Crippen LogP contribution is -2.08. The molecular weight excluding hydrogens is 330 g/mol. The van der Waals surface area contributed by atoms with Crippen molar-refractivity contribution in [2.24, 2.45) is 0 Å². The Balaban J connectivity index is 2.20. The Kier molecular flexibility index (Phi) is 5.07. The van der Waals surface area contributed by atoms with Crippen molar-refractivity contribution in [2.45, 2.75) is 27.2 Å². The van der Waals surface area contributed by atoms with E-state index in [4.69, 9.17) is 9.47 Å². The van der Waals surface area contributed by atoms with Crippen LogP contribution in [0.3, 0.4) is 0 Å². The quantitative estimate of drug-likeness (QED) is 0.515. The first-order valence-corrected chi connectivity index (χ1v) is 8.54. The molecule has 0 atom stereocenters. The number of benzene rings is 2. The Morgan fingerprint density at radius 3 is 2.46 bits per heavy atom. The van der Waals surface area contributed by atoms with Crippen LogP contribution >= 0.6 is 0 Å². The highest BCUT2D eigenvalue weighted by Gasteiger charge is 2.19. The molecule has 0 N–H and O–H groups in total. The summed E-state index contributed by atoms with van der Waals surface area (Å²) in [7, 11) is 0. The minimum absolute atomic E-state index is 0.197. The van der Waals surface area contributed by atoms with E-state index in [1.165, 1.54) is 6.92 Å². The molecule has 2 aromatic carbocycles. The first kappa shape index (κ1) is 17.7. The van der Waals surface area contributed by atoms with Gasteiger partial charge in [0.2, 0.25) is 0 Å². The smallest absolute Gasteiger partial charge is 0.310 e. The lowest BCUT2D eigenvalue weighted by molar-refractivity contribution is -0.142. The molecule has 0 unspecified atom stereocenters. The average Bonchev–Trinajstić information content (AvgIpc) is 2.87. The summed E-state index contributed by atoms with van der Waals surface area (Å²) in [5.74, 6) is -0.153. The Labute approximate surface area is 152 Å². The van der Waals surface area contributed by atoms with Gasteiger partial charge in [0.25, 0.3) is 0 Å². The lowest BCUT2D eigenvalue weighted by Gasteiger charge is -2.09. The van der Waals surface area contributed by atoms with Crippen LogP contribution in [0.4, 0.5) is 0 Å². The number of carbonyl (C=O) groups is 2. The van der Waals surface area contributed by atoms with Gasteiger partial charge in [-0.15, -0.1) is 0 Å². The molecule has 5 nitrogen and oxygen atoms in total. The standard InChI is InChI=1S/C21H21NO4/c1-4-25-21(24)13-19-14(2)22(16-8-6-5-7-9-16)20-12-17(26-15(3)23)10-11-18(19)20/h5-12H,4,13H2,1-3H3. The van der Waals surface area contributed by atoms with E-state index in [0.29, 0.717) is 12.4 Å². The van der Waals surface area contributed by atoms with Gasteiger partial charge in [-0.2, -0.15) is 0 Å². The summed E-state index contributed by atoms with van der Waals surface area (Å²) in [6, 6.07) is 15.3. The number of aromatic nitrogens is 1. The highest BCUT2D eigenvalue weighted by Crippen LogP contribution is 2.32. The second-order valence-electron chi connectivity index (χ2n) is 5.99. The molecule has 1 heterocycles. The van der Waals surface area contributed by atoms with Crippen LogP contribution in [0.25, 0.3) is 16.6 Å². The molecule has 0 fully saturated rings. The Bertz CT molecular complexity index is 957. The third-order valence-corrected chi connectivity index (χ3v) is 4.21. The van der Waals surface area contributed by atoms with Crippen LogP contribution in [-0.2, 0) is 20.7 Å². The molecule has 0 saturated carbocycles. The minimum Gasteiger partial charge on any atom is -0.466 e. The van der Waals surface area contributed by atoms with Gasteiger partial charge in [0.05, 0.1) is 18.5 Å². The van der Waals surface area contributed by atoms with Crippen molar-refractivity contribution in [1.82, 2.24) is 4.57 Å². The molecule has 5 heteroatoms. The third-order valence-electron chi connectivity index (χ3n) is 4.21. The fourth-order valence-corrected chi connectivity index (χ4v) is 3.18. The summed E-state index contributed by atoms with van der Waals surface area (Å²) in [6.07, 6.45) is 0.197. The molecule has 134 valence electrons. The van der Waals surface area contributed by atoms with Crippen LogP contribution in [-0.4, -0.2) is 23.1 Å². The number of rotatable bonds is 5. The van der Waals surface area contributed by atoms with Gasteiger partial charge in [-0.1, -0.05) is 18.2 Å². The van der Waals surface area contributed by atoms with Crippen molar-refractivity contribution in [3.63, 3.8) is 0 Å². The summed E-state index contributed by atoms with van der Waals surface area (Å²) in [6.45, 7) is 5.50. The maximum atomic E-state index is 12.1. The van der Waals surface area contributed by atoms with Crippen LogP contribution in [0.5, 0.6) is 5.75 Å². The zero-order valence-electron chi connectivity index (χ0n) is 15.1. The van der Waals surface area contributed by atoms with Gasteiger partial charge in [-0.05, 0) is 43.7 Å². The number of nitrogens with zero attached hydrogens (tertiary/aromatic N) is 1. The number of fused-ring (bicyclic) bond motifs is 1. The number of hydrogen-bond donors (Lipinski definition) is 0. The average molecular weight is 351 g/mol. The van der Waals surface area contributed by atoms with Crippen molar-refractivity contribution < 1.29 is 19.1 Å². The van der Waals surface area contributed by atoms with Crippen molar-refractivity contribution in [1.29, 1.82) is 0 Å². The zero-order chi connectivity index (χ0) is 18.7. The molecule has 0 spiro atoms. The van der Waals surface area contributed by atoms with Crippen molar-refractivity contribution in [3.05, 3.63) is 59.8 Å². The number of ether oxygens (including phenoxy) is 2. The lowest BCUT2D eigenvalue weighted by atomic mass is 10.1. The molecule has 0 saturated heterocycles. The summed E-state index contributed by atoms with van der Waals surface area (Å²) in [4.78, 5) is 23.4. The molecule has 3 aromatic rings. The minimum atomic E-state index is -0.370. The molecule has 0 amide bonds. The van der Waals surface area contributed by atoms with E-state index in [9.17, 15) is 9.59 Å². The van der Waals surface area contributed by atoms with Crippen molar-refractivity contribution in [3.8, 4) is 11.4 Å². The van der Waals surface area contributed by atoms with Gasteiger partial charge >= 0.3 is 11.9 Å². The fourth-order valence-electron chi connectivity index (χ4n) is 3.18. The monoisotopic (exact) mass is 351 g/mol. The Morgan fingerprint density at radius 1 is 1.08 bits per heavy atom. The van der Waals surface area contributed by atoms with Gasteiger partial charge in [0.15, 0.2) is 0 Å². The van der Waals surface area contributed by atoms with Crippen LogP contribution < -0.4 is 4.74 Å². The highest BCUT2D eigenvalue weighted by atomic mass is 16.5. The SMILES string of the molecule is CCOC(=O)Cc1c(C)n(-c2ccccc2)c2cc(OC(C)=O)ccc12. The van der Waals surface area contributed by atoms with E-state index in [-0.39, 0.29) is 18.4 Å². The molecule has 0 radical (unpaired) electrons. The molecule has 1 aromatic heterocycles. The molecular formula is C21H21NO4. The van der Waals surface area contributed by atoms with Gasteiger partial charge in [-0.3, -0.25) is 9.59 Å². The topological polar surface area (TPSA) is 57.5 Å². The number of esters is 2. The van der Waals surface area contributed by atoms with E-state index in [1.54, 1.807) is 13.0 Å². The molecule has 3 rings (SSSR count). The molecule has 0 aliphatic rings. The molecule has 0 bridgehead atoms. The summed E-state index contributed by atoms with van der Waals surface area (Å²) in [5, 5.41) is 0.940. The van der Waals surface area contributed by atoms with Gasteiger partial charge < -0.3 is 14.0 Å². The van der Waals surface area contributed by atoms with Crippen LogP contribution in [0.2, 0.25) is 0 Å². The Hall–Kier alpha value is -3.08. The van der Waals surface area contributed by atoms with Gasteiger partial charge in [-0.25, -0.2) is 0 Å². The molecule has 0 aliphatic carbocycles. The number of carbonyl (C=O) groups excluding carboxylic acids is 2. The third kappa shape index (κ3) is 3.47. The van der Waals surface area contributed by atoms with E-state index in [0.717, 1.165) is 27.8 Å². The highest BCUT2D eigenvalue weighted by molar-refractivity contribution is 5.92. The number of para-hydroxylation sites is 1. The Morgan fingerprint density at radius 2 is 1.81 bits per heavy atom. The first-order valence-electron chi connectivity index (χ1n) is 8.54. The second-order valence-corrected chi connectivity index (χ2v) is 5.99. The maximum absolute atomic E-state index is 12.1. The number of hydrogen-bond acceptors (Lipinski definition) is 4.